The van der Waals surface area contributed by atoms with Crippen molar-refractivity contribution in [1.82, 2.24) is 0 Å². The fraction of sp³-hybridized carbons (Fsp3) is 0.368. The average Bonchev–Trinajstić information content (AvgIpc) is 2.57. The topological polar surface area (TPSA) is 83.8 Å². The van der Waals surface area contributed by atoms with Crippen LogP contribution < -0.4 is 4.74 Å². The van der Waals surface area contributed by atoms with Gasteiger partial charge in [-0.1, -0.05) is 56.9 Å². The molecule has 0 atom stereocenters. The van der Waals surface area contributed by atoms with E-state index in [1.165, 1.54) is 31.4 Å². The maximum Gasteiger partial charge on any atom is 0.298 e. The summed E-state index contributed by atoms with van der Waals surface area (Å²) in [6.07, 6.45) is 6.66. The van der Waals surface area contributed by atoms with Crippen molar-refractivity contribution in [3.63, 3.8) is 0 Å². The lowest BCUT2D eigenvalue weighted by Gasteiger charge is -2.13. The summed E-state index contributed by atoms with van der Waals surface area (Å²) in [5.41, 5.74) is 0.996. The molecule has 0 aliphatic heterocycles. The van der Waals surface area contributed by atoms with Crippen molar-refractivity contribution in [1.29, 1.82) is 0 Å². The van der Waals surface area contributed by atoms with Crippen LogP contribution in [0.3, 0.4) is 0 Å². The molecule has 0 bridgehead atoms. The molecular formula is C19H24O5S. The molecule has 0 aromatic heterocycles. The van der Waals surface area contributed by atoms with Gasteiger partial charge in [0, 0.05) is 0 Å². The Morgan fingerprint density at radius 3 is 2.32 bits per heavy atom. The van der Waals surface area contributed by atoms with Gasteiger partial charge in [0.2, 0.25) is 0 Å². The standard InChI is InChI=1S/C19H24O5S/c1-2-3-4-5-6-10-15-11-7-8-12-16(15)24-17-13-9-14-18(19(17)20)25(21,22)23/h7-9,11-14,20H,2-6,10H2,1H3,(H,21,22,23). The van der Waals surface area contributed by atoms with E-state index < -0.39 is 20.8 Å². The van der Waals surface area contributed by atoms with E-state index >= 15 is 0 Å². The number of benzene rings is 2. The minimum atomic E-state index is -4.51. The maximum atomic E-state index is 11.3. The first-order chi connectivity index (χ1) is 11.9. The van der Waals surface area contributed by atoms with E-state index in [-0.39, 0.29) is 5.75 Å². The molecule has 0 amide bonds. The number of hydrogen-bond donors (Lipinski definition) is 2. The van der Waals surface area contributed by atoms with Gasteiger partial charge < -0.3 is 9.84 Å². The van der Waals surface area contributed by atoms with E-state index in [1.807, 2.05) is 18.2 Å². The number of phenolic OH excluding ortho intramolecular Hbond substituents is 1. The molecule has 136 valence electrons. The number of aromatic hydroxyl groups is 1. The molecule has 0 saturated heterocycles. The van der Waals surface area contributed by atoms with Crippen LogP contribution in [0.4, 0.5) is 0 Å². The number of hydrogen-bond acceptors (Lipinski definition) is 4. The summed E-state index contributed by atoms with van der Waals surface area (Å²) in [6.45, 7) is 2.18. The number of para-hydroxylation sites is 2. The lowest BCUT2D eigenvalue weighted by molar-refractivity contribution is 0.393. The van der Waals surface area contributed by atoms with Crippen LogP contribution in [0.15, 0.2) is 47.4 Å². The molecule has 0 radical (unpaired) electrons. The molecule has 6 heteroatoms. The summed E-state index contributed by atoms with van der Waals surface area (Å²) in [5.74, 6) is -0.0305. The van der Waals surface area contributed by atoms with Gasteiger partial charge in [0.25, 0.3) is 10.1 Å². The minimum Gasteiger partial charge on any atom is -0.503 e. The second-order valence-corrected chi connectivity index (χ2v) is 7.34. The highest BCUT2D eigenvalue weighted by Crippen LogP contribution is 2.37. The Hall–Kier alpha value is -2.05. The van der Waals surface area contributed by atoms with Gasteiger partial charge in [-0.25, -0.2) is 0 Å². The van der Waals surface area contributed by atoms with Crippen molar-refractivity contribution >= 4 is 10.1 Å². The maximum absolute atomic E-state index is 11.3. The Labute approximate surface area is 149 Å². The molecule has 25 heavy (non-hydrogen) atoms. The first kappa shape index (κ1) is 19.3. The number of rotatable bonds is 9. The average molecular weight is 364 g/mol. The van der Waals surface area contributed by atoms with Crippen LogP contribution in [0, 0.1) is 0 Å². The highest BCUT2D eigenvalue weighted by molar-refractivity contribution is 7.86. The number of unbranched alkanes of at least 4 members (excludes halogenated alkanes) is 4. The van der Waals surface area contributed by atoms with Crippen LogP contribution in [0.25, 0.3) is 0 Å². The van der Waals surface area contributed by atoms with Gasteiger partial charge in [0.05, 0.1) is 0 Å². The van der Waals surface area contributed by atoms with E-state index in [2.05, 4.69) is 6.92 Å². The molecule has 2 aromatic rings. The lowest BCUT2D eigenvalue weighted by atomic mass is 10.0. The van der Waals surface area contributed by atoms with Crippen molar-refractivity contribution < 1.29 is 22.8 Å². The van der Waals surface area contributed by atoms with Crippen LogP contribution >= 0.6 is 0 Å². The van der Waals surface area contributed by atoms with Gasteiger partial charge in [0.15, 0.2) is 11.5 Å². The van der Waals surface area contributed by atoms with Crippen molar-refractivity contribution in [2.75, 3.05) is 0 Å². The van der Waals surface area contributed by atoms with Gasteiger partial charge >= 0.3 is 0 Å². The molecule has 0 heterocycles. The van der Waals surface area contributed by atoms with Gasteiger partial charge in [-0.05, 0) is 36.6 Å². The van der Waals surface area contributed by atoms with E-state index in [1.54, 1.807) is 6.07 Å². The van der Waals surface area contributed by atoms with Crippen LogP contribution in [0.5, 0.6) is 17.2 Å². The predicted octanol–water partition coefficient (Wildman–Crippen LogP) is 4.94. The van der Waals surface area contributed by atoms with E-state index in [0.717, 1.165) is 30.9 Å². The Morgan fingerprint density at radius 1 is 0.920 bits per heavy atom. The fourth-order valence-corrected chi connectivity index (χ4v) is 3.24. The number of aryl methyl sites for hydroxylation is 1. The molecule has 2 rings (SSSR count). The van der Waals surface area contributed by atoms with Crippen molar-refractivity contribution in [3.05, 3.63) is 48.0 Å². The summed E-state index contributed by atoms with van der Waals surface area (Å²) < 4.78 is 37.5. The van der Waals surface area contributed by atoms with Crippen LogP contribution in [-0.2, 0) is 16.5 Å². The second-order valence-electron chi connectivity index (χ2n) is 5.95. The molecule has 0 fully saturated rings. The molecule has 0 aliphatic carbocycles. The smallest absolute Gasteiger partial charge is 0.298 e. The van der Waals surface area contributed by atoms with Gasteiger partial charge in [-0.15, -0.1) is 0 Å². The summed E-state index contributed by atoms with van der Waals surface area (Å²) in [7, 11) is -4.51. The van der Waals surface area contributed by atoms with E-state index in [4.69, 9.17) is 9.29 Å². The van der Waals surface area contributed by atoms with E-state index in [9.17, 15) is 13.5 Å². The van der Waals surface area contributed by atoms with Crippen molar-refractivity contribution in [2.24, 2.45) is 0 Å². The highest BCUT2D eigenvalue weighted by atomic mass is 32.2. The predicted molar refractivity (Wildman–Crippen MR) is 96.9 cm³/mol. The van der Waals surface area contributed by atoms with Crippen LogP contribution in [-0.4, -0.2) is 18.1 Å². The normalized spacial score (nSPS) is 11.4. The monoisotopic (exact) mass is 364 g/mol. The Kier molecular flexibility index (Phi) is 6.84. The number of phenols is 1. The summed E-state index contributed by atoms with van der Waals surface area (Å²) in [5, 5.41) is 10.1. The van der Waals surface area contributed by atoms with Crippen LogP contribution in [0.2, 0.25) is 0 Å². The molecule has 0 saturated carbocycles. The molecule has 5 nitrogen and oxygen atoms in total. The zero-order chi connectivity index (χ0) is 18.3. The summed E-state index contributed by atoms with van der Waals surface area (Å²) in [4.78, 5) is -0.568. The zero-order valence-electron chi connectivity index (χ0n) is 14.3. The molecule has 0 aliphatic rings. The fourth-order valence-electron chi connectivity index (χ4n) is 2.64. The van der Waals surface area contributed by atoms with E-state index in [0.29, 0.717) is 5.75 Å². The summed E-state index contributed by atoms with van der Waals surface area (Å²) >= 11 is 0. The largest absolute Gasteiger partial charge is 0.503 e. The lowest BCUT2D eigenvalue weighted by Crippen LogP contribution is -2.00. The number of ether oxygens (including phenoxy) is 1. The van der Waals surface area contributed by atoms with Gasteiger partial charge in [-0.2, -0.15) is 8.42 Å². The second kappa shape index (κ2) is 8.87. The third-order valence-electron chi connectivity index (χ3n) is 3.98. The van der Waals surface area contributed by atoms with Crippen LogP contribution in [0.1, 0.15) is 44.6 Å². The van der Waals surface area contributed by atoms with Gasteiger partial charge in [0.1, 0.15) is 10.6 Å². The molecule has 2 N–H and O–H groups in total. The molecule has 0 spiro atoms. The zero-order valence-corrected chi connectivity index (χ0v) is 15.1. The molecular weight excluding hydrogens is 340 g/mol. The first-order valence-electron chi connectivity index (χ1n) is 8.48. The molecule has 0 unspecified atom stereocenters. The third kappa shape index (κ3) is 5.47. The van der Waals surface area contributed by atoms with Crippen molar-refractivity contribution in [2.45, 2.75) is 50.3 Å². The SMILES string of the molecule is CCCCCCCc1ccccc1Oc1cccc(S(=O)(=O)O)c1O. The quantitative estimate of drug-likeness (QED) is 0.486. The Bertz CT molecular complexity index is 799. The first-order valence-corrected chi connectivity index (χ1v) is 9.92. The Morgan fingerprint density at radius 2 is 1.60 bits per heavy atom. The highest BCUT2D eigenvalue weighted by Gasteiger charge is 2.19. The molecule has 2 aromatic carbocycles. The third-order valence-corrected chi connectivity index (χ3v) is 4.87. The van der Waals surface area contributed by atoms with Gasteiger partial charge in [-0.3, -0.25) is 4.55 Å². The Balaban J connectivity index is 2.16. The minimum absolute atomic E-state index is 0.00596. The summed E-state index contributed by atoms with van der Waals surface area (Å²) in [6, 6.07) is 11.5. The van der Waals surface area contributed by atoms with Crippen molar-refractivity contribution in [3.8, 4) is 17.2 Å².